The normalized spacial score (nSPS) is 25.9. The number of rotatable bonds is 2. The Balaban J connectivity index is 1.64. The lowest BCUT2D eigenvalue weighted by molar-refractivity contribution is -0.145. The highest BCUT2D eigenvalue weighted by atomic mass is 19.4. The number of hydrogen-bond acceptors (Lipinski definition) is 3. The molecule has 0 saturated carbocycles. The molecule has 4 rings (SSSR count). The Labute approximate surface area is 158 Å². The summed E-state index contributed by atoms with van der Waals surface area (Å²) in [6, 6.07) is 11.5. The predicted molar refractivity (Wildman–Crippen MR) is 94.5 cm³/mol. The summed E-state index contributed by atoms with van der Waals surface area (Å²) >= 11 is 0. The molecule has 0 aromatic heterocycles. The zero-order valence-corrected chi connectivity index (χ0v) is 14.8. The quantitative estimate of drug-likeness (QED) is 0.769. The van der Waals surface area contributed by atoms with Gasteiger partial charge in [0.15, 0.2) is 5.72 Å². The Hall–Kier alpha value is -3.03. The van der Waals surface area contributed by atoms with Crippen molar-refractivity contribution in [2.75, 3.05) is 5.32 Å². The standard InChI is InChI=1S/C20H17F3N2O3/c1-19-10-14(13-7-2-3-8-15(13)28-19)16(18(27)25-19)17(26)24-12-6-4-5-11(9-12)20(21,22)23/h2-9,14,16H,10H2,1H3,(H,24,26)(H,25,27)/t14-,16-,19+/m1/s1. The minimum absolute atomic E-state index is 0.0127. The van der Waals surface area contributed by atoms with Crippen molar-refractivity contribution in [3.8, 4) is 5.75 Å². The van der Waals surface area contributed by atoms with Gasteiger partial charge >= 0.3 is 6.18 Å². The van der Waals surface area contributed by atoms with Gasteiger partial charge in [-0.15, -0.1) is 0 Å². The van der Waals surface area contributed by atoms with Crippen LogP contribution in [0, 0.1) is 5.92 Å². The van der Waals surface area contributed by atoms with Crippen molar-refractivity contribution < 1.29 is 27.5 Å². The molecule has 2 aliphatic rings. The highest BCUT2D eigenvalue weighted by molar-refractivity contribution is 6.08. The number of alkyl halides is 3. The number of para-hydroxylation sites is 1. The van der Waals surface area contributed by atoms with Crippen LogP contribution in [0.5, 0.6) is 5.75 Å². The Morgan fingerprint density at radius 1 is 1.21 bits per heavy atom. The number of piperidine rings is 1. The predicted octanol–water partition coefficient (Wildman–Crippen LogP) is 3.67. The van der Waals surface area contributed by atoms with E-state index in [9.17, 15) is 22.8 Å². The van der Waals surface area contributed by atoms with E-state index < -0.39 is 41.1 Å². The maximum Gasteiger partial charge on any atom is 0.416 e. The molecule has 1 fully saturated rings. The molecule has 2 N–H and O–H groups in total. The lowest BCUT2D eigenvalue weighted by Gasteiger charge is -2.46. The third kappa shape index (κ3) is 3.19. The first-order valence-corrected chi connectivity index (χ1v) is 8.74. The van der Waals surface area contributed by atoms with Gasteiger partial charge in [-0.1, -0.05) is 24.3 Å². The van der Waals surface area contributed by atoms with E-state index in [1.807, 2.05) is 0 Å². The fraction of sp³-hybridized carbons (Fsp3) is 0.300. The Morgan fingerprint density at radius 2 is 1.96 bits per heavy atom. The number of benzene rings is 2. The summed E-state index contributed by atoms with van der Waals surface area (Å²) in [5, 5.41) is 5.18. The van der Waals surface area contributed by atoms with E-state index in [1.165, 1.54) is 12.1 Å². The van der Waals surface area contributed by atoms with Gasteiger partial charge in [-0.2, -0.15) is 13.2 Å². The molecular weight excluding hydrogens is 373 g/mol. The zero-order chi connectivity index (χ0) is 20.1. The number of ether oxygens (including phenoxy) is 1. The lowest BCUT2D eigenvalue weighted by Crippen LogP contribution is -2.62. The molecule has 3 atom stereocenters. The van der Waals surface area contributed by atoms with E-state index in [0.717, 1.165) is 17.7 Å². The second-order valence-electron chi connectivity index (χ2n) is 7.22. The van der Waals surface area contributed by atoms with Gasteiger partial charge in [0.25, 0.3) is 0 Å². The third-order valence-electron chi connectivity index (χ3n) is 5.08. The first-order valence-electron chi connectivity index (χ1n) is 8.74. The Bertz CT molecular complexity index is 960. The van der Waals surface area contributed by atoms with Crippen LogP contribution in [0.15, 0.2) is 48.5 Å². The fourth-order valence-electron chi connectivity index (χ4n) is 3.88. The van der Waals surface area contributed by atoms with Crippen LogP contribution in [0.1, 0.15) is 30.4 Å². The van der Waals surface area contributed by atoms with Gasteiger partial charge in [0, 0.05) is 18.0 Å². The van der Waals surface area contributed by atoms with E-state index in [4.69, 9.17) is 4.74 Å². The maximum atomic E-state index is 12.9. The molecule has 1 saturated heterocycles. The van der Waals surface area contributed by atoms with Crippen LogP contribution in [0.25, 0.3) is 0 Å². The molecule has 0 aliphatic carbocycles. The molecule has 8 heteroatoms. The minimum Gasteiger partial charge on any atom is -0.468 e. The van der Waals surface area contributed by atoms with E-state index in [2.05, 4.69) is 10.6 Å². The summed E-state index contributed by atoms with van der Waals surface area (Å²) in [6.07, 6.45) is -4.14. The Kier molecular flexibility index (Phi) is 4.10. The van der Waals surface area contributed by atoms with Crippen molar-refractivity contribution in [3.63, 3.8) is 0 Å². The largest absolute Gasteiger partial charge is 0.468 e. The minimum atomic E-state index is -4.52. The maximum absolute atomic E-state index is 12.9. The topological polar surface area (TPSA) is 67.4 Å². The molecule has 28 heavy (non-hydrogen) atoms. The van der Waals surface area contributed by atoms with Gasteiger partial charge in [-0.25, -0.2) is 0 Å². The number of carbonyl (C=O) groups excluding carboxylic acids is 2. The van der Waals surface area contributed by atoms with Crippen LogP contribution >= 0.6 is 0 Å². The summed E-state index contributed by atoms with van der Waals surface area (Å²) in [4.78, 5) is 25.5. The monoisotopic (exact) mass is 390 g/mol. The Morgan fingerprint density at radius 3 is 2.71 bits per heavy atom. The van der Waals surface area contributed by atoms with Gasteiger partial charge in [0.05, 0.1) is 5.56 Å². The first kappa shape index (κ1) is 18.3. The summed E-state index contributed by atoms with van der Waals surface area (Å²) in [6.45, 7) is 1.73. The second-order valence-corrected chi connectivity index (χ2v) is 7.22. The second kappa shape index (κ2) is 6.25. The fourth-order valence-corrected chi connectivity index (χ4v) is 3.88. The molecule has 2 bridgehead atoms. The van der Waals surface area contributed by atoms with Crippen molar-refractivity contribution in [1.29, 1.82) is 0 Å². The van der Waals surface area contributed by atoms with E-state index in [0.29, 0.717) is 12.2 Å². The van der Waals surface area contributed by atoms with Gasteiger partial charge in [-0.3, -0.25) is 9.59 Å². The van der Waals surface area contributed by atoms with Gasteiger partial charge in [0.1, 0.15) is 11.7 Å². The van der Waals surface area contributed by atoms with Crippen molar-refractivity contribution in [3.05, 3.63) is 59.7 Å². The summed E-state index contributed by atoms with van der Waals surface area (Å²) < 4.78 is 44.6. The van der Waals surface area contributed by atoms with Gasteiger partial charge < -0.3 is 15.4 Å². The van der Waals surface area contributed by atoms with Crippen LogP contribution in [0.4, 0.5) is 18.9 Å². The molecule has 5 nitrogen and oxygen atoms in total. The number of carbonyl (C=O) groups is 2. The van der Waals surface area contributed by atoms with Crippen molar-refractivity contribution >= 4 is 17.5 Å². The third-order valence-corrected chi connectivity index (χ3v) is 5.08. The highest BCUT2D eigenvalue weighted by Gasteiger charge is 2.51. The average Bonchev–Trinajstić information content (AvgIpc) is 2.60. The lowest BCUT2D eigenvalue weighted by atomic mass is 9.74. The first-order chi connectivity index (χ1) is 13.2. The summed E-state index contributed by atoms with van der Waals surface area (Å²) in [5.74, 6) is -2.10. The number of hydrogen-bond donors (Lipinski definition) is 2. The summed E-state index contributed by atoms with van der Waals surface area (Å²) in [5.41, 5.74) is -1.08. The molecule has 2 heterocycles. The van der Waals surface area contributed by atoms with E-state index in [-0.39, 0.29) is 5.69 Å². The van der Waals surface area contributed by atoms with Crippen molar-refractivity contribution in [1.82, 2.24) is 5.32 Å². The molecule has 2 aliphatic heterocycles. The van der Waals surface area contributed by atoms with Crippen LogP contribution in [0.3, 0.4) is 0 Å². The van der Waals surface area contributed by atoms with Crippen LogP contribution in [-0.4, -0.2) is 17.5 Å². The zero-order valence-electron chi connectivity index (χ0n) is 14.8. The van der Waals surface area contributed by atoms with E-state index >= 15 is 0 Å². The number of nitrogens with one attached hydrogen (secondary N) is 2. The molecule has 146 valence electrons. The van der Waals surface area contributed by atoms with Gasteiger partial charge in [0.2, 0.25) is 11.8 Å². The van der Waals surface area contributed by atoms with Crippen molar-refractivity contribution in [2.45, 2.75) is 31.2 Å². The SMILES string of the molecule is C[C@@]12C[C@H](c3ccccc3O1)[C@H](C(=O)Nc1cccc(C(F)(F)F)c1)C(=O)N2. The number of halogens is 3. The smallest absolute Gasteiger partial charge is 0.416 e. The molecule has 0 unspecified atom stereocenters. The van der Waals surface area contributed by atoms with Gasteiger partial charge in [-0.05, 0) is 36.8 Å². The number of anilines is 1. The number of amides is 2. The van der Waals surface area contributed by atoms with Crippen molar-refractivity contribution in [2.24, 2.45) is 5.92 Å². The summed E-state index contributed by atoms with van der Waals surface area (Å²) in [7, 11) is 0. The molecule has 2 aromatic carbocycles. The molecular formula is C20H17F3N2O3. The highest BCUT2D eigenvalue weighted by Crippen LogP contribution is 2.46. The molecule has 0 radical (unpaired) electrons. The van der Waals surface area contributed by atoms with E-state index in [1.54, 1.807) is 31.2 Å². The molecule has 2 amide bonds. The number of fused-ring (bicyclic) bond motifs is 4. The van der Waals surface area contributed by atoms with Crippen LogP contribution in [0.2, 0.25) is 0 Å². The van der Waals surface area contributed by atoms with Crippen LogP contribution < -0.4 is 15.4 Å². The molecule has 0 spiro atoms. The average molecular weight is 390 g/mol. The van der Waals surface area contributed by atoms with Crippen LogP contribution in [-0.2, 0) is 15.8 Å². The molecule has 2 aromatic rings.